The minimum atomic E-state index is -1.05. The van der Waals surface area contributed by atoms with Crippen LogP contribution in [0.3, 0.4) is 0 Å². The van der Waals surface area contributed by atoms with Gasteiger partial charge in [-0.15, -0.1) is 0 Å². The number of carboxylic acid groups (broad SMARTS) is 1. The van der Waals surface area contributed by atoms with Crippen molar-refractivity contribution < 1.29 is 19.4 Å². The number of carboxylic acids is 1. The predicted molar refractivity (Wildman–Crippen MR) is 95.7 cm³/mol. The number of benzene rings is 1. The van der Waals surface area contributed by atoms with Crippen LogP contribution in [0.15, 0.2) is 24.3 Å². The molecule has 1 N–H and O–H groups in total. The van der Waals surface area contributed by atoms with E-state index in [1.54, 1.807) is 21.7 Å². The van der Waals surface area contributed by atoms with E-state index in [-0.39, 0.29) is 25.5 Å². The van der Waals surface area contributed by atoms with Gasteiger partial charge in [0.05, 0.1) is 31.0 Å². The first kappa shape index (κ1) is 18.4. The molecular weight excluding hydrogens is 358 g/mol. The SMILES string of the molecule is Cc1nn(-c2ccc(Cl)cc2)c(C)c1CC(=O)N1CCOC(C(=O)O)C1. The molecule has 1 aliphatic rings. The number of aryl methyl sites for hydroxylation is 1. The second kappa shape index (κ2) is 7.47. The molecule has 1 atom stereocenters. The Morgan fingerprint density at radius 3 is 2.65 bits per heavy atom. The van der Waals surface area contributed by atoms with Crippen LogP contribution in [-0.4, -0.2) is 57.5 Å². The highest BCUT2D eigenvalue weighted by Crippen LogP contribution is 2.21. The van der Waals surface area contributed by atoms with Crippen LogP contribution in [0, 0.1) is 13.8 Å². The van der Waals surface area contributed by atoms with Gasteiger partial charge in [0.2, 0.25) is 5.91 Å². The van der Waals surface area contributed by atoms with E-state index in [2.05, 4.69) is 5.10 Å². The van der Waals surface area contributed by atoms with E-state index in [0.29, 0.717) is 11.6 Å². The second-order valence-electron chi connectivity index (χ2n) is 6.25. The van der Waals surface area contributed by atoms with E-state index >= 15 is 0 Å². The molecule has 1 unspecified atom stereocenters. The number of aromatic nitrogens is 2. The average Bonchev–Trinajstić information content (AvgIpc) is 2.90. The summed E-state index contributed by atoms with van der Waals surface area (Å²) >= 11 is 5.93. The van der Waals surface area contributed by atoms with Gasteiger partial charge in [-0.25, -0.2) is 9.48 Å². The summed E-state index contributed by atoms with van der Waals surface area (Å²) < 4.78 is 6.95. The highest BCUT2D eigenvalue weighted by molar-refractivity contribution is 6.30. The number of carbonyl (C=O) groups is 2. The number of ether oxygens (including phenoxy) is 1. The van der Waals surface area contributed by atoms with Crippen LogP contribution in [0.25, 0.3) is 5.69 Å². The first-order chi connectivity index (χ1) is 12.4. The molecule has 2 aromatic rings. The normalized spacial score (nSPS) is 17.3. The van der Waals surface area contributed by atoms with Crippen LogP contribution < -0.4 is 0 Å². The van der Waals surface area contributed by atoms with Gasteiger partial charge in [0.15, 0.2) is 6.10 Å². The first-order valence-corrected chi connectivity index (χ1v) is 8.68. The van der Waals surface area contributed by atoms with Crippen molar-refractivity contribution in [2.24, 2.45) is 0 Å². The Labute approximate surface area is 156 Å². The number of carbonyl (C=O) groups excluding carboxylic acids is 1. The number of morpholine rings is 1. The molecule has 26 heavy (non-hydrogen) atoms. The molecule has 0 bridgehead atoms. The predicted octanol–water partition coefficient (Wildman–Crippen LogP) is 2.00. The van der Waals surface area contributed by atoms with Crippen LogP contribution in [-0.2, 0) is 20.7 Å². The van der Waals surface area contributed by atoms with Gasteiger partial charge in [0, 0.05) is 22.8 Å². The number of hydrogen-bond acceptors (Lipinski definition) is 4. The molecule has 8 heteroatoms. The van der Waals surface area contributed by atoms with Gasteiger partial charge in [0.25, 0.3) is 0 Å². The Hall–Kier alpha value is -2.38. The van der Waals surface area contributed by atoms with Gasteiger partial charge in [-0.05, 0) is 38.1 Å². The van der Waals surface area contributed by atoms with Gasteiger partial charge in [-0.3, -0.25) is 4.79 Å². The Morgan fingerprint density at radius 1 is 1.31 bits per heavy atom. The lowest BCUT2D eigenvalue weighted by Gasteiger charge is -2.31. The number of nitrogens with zero attached hydrogens (tertiary/aromatic N) is 3. The Balaban J connectivity index is 1.78. The molecule has 1 saturated heterocycles. The number of aliphatic carboxylic acids is 1. The quantitative estimate of drug-likeness (QED) is 0.880. The zero-order chi connectivity index (χ0) is 18.8. The highest BCUT2D eigenvalue weighted by atomic mass is 35.5. The molecule has 138 valence electrons. The number of halogens is 1. The first-order valence-electron chi connectivity index (χ1n) is 8.30. The summed E-state index contributed by atoms with van der Waals surface area (Å²) in [5, 5.41) is 14.3. The van der Waals surface area contributed by atoms with Crippen molar-refractivity contribution in [3.63, 3.8) is 0 Å². The monoisotopic (exact) mass is 377 g/mol. The highest BCUT2D eigenvalue weighted by Gasteiger charge is 2.29. The van der Waals surface area contributed by atoms with E-state index in [9.17, 15) is 9.59 Å². The van der Waals surface area contributed by atoms with Gasteiger partial charge in [0.1, 0.15) is 0 Å². The fraction of sp³-hybridized carbons (Fsp3) is 0.389. The third-order valence-corrected chi connectivity index (χ3v) is 4.79. The maximum atomic E-state index is 12.7. The number of amides is 1. The van der Waals surface area contributed by atoms with Crippen molar-refractivity contribution in [2.45, 2.75) is 26.4 Å². The van der Waals surface area contributed by atoms with Crippen LogP contribution in [0.2, 0.25) is 5.02 Å². The molecule has 0 spiro atoms. The zero-order valence-electron chi connectivity index (χ0n) is 14.6. The molecule has 1 aliphatic heterocycles. The maximum absolute atomic E-state index is 12.7. The molecule has 0 saturated carbocycles. The summed E-state index contributed by atoms with van der Waals surface area (Å²) in [7, 11) is 0. The van der Waals surface area contributed by atoms with Gasteiger partial charge < -0.3 is 14.7 Å². The fourth-order valence-electron chi connectivity index (χ4n) is 3.05. The molecule has 1 aromatic heterocycles. The second-order valence-corrected chi connectivity index (χ2v) is 6.69. The number of rotatable bonds is 4. The third-order valence-electron chi connectivity index (χ3n) is 4.53. The van der Waals surface area contributed by atoms with E-state index in [4.69, 9.17) is 21.4 Å². The van der Waals surface area contributed by atoms with Crippen molar-refractivity contribution in [1.29, 1.82) is 0 Å². The summed E-state index contributed by atoms with van der Waals surface area (Å²) in [5.74, 6) is -1.17. The molecule has 1 fully saturated rings. The minimum absolute atomic E-state index is 0.0670. The van der Waals surface area contributed by atoms with Crippen molar-refractivity contribution in [3.8, 4) is 5.69 Å². The molecule has 1 amide bonds. The lowest BCUT2D eigenvalue weighted by atomic mass is 10.1. The van der Waals surface area contributed by atoms with E-state index in [1.165, 1.54) is 0 Å². The van der Waals surface area contributed by atoms with Crippen LogP contribution >= 0.6 is 11.6 Å². The topological polar surface area (TPSA) is 84.7 Å². The molecule has 2 heterocycles. The van der Waals surface area contributed by atoms with Crippen molar-refractivity contribution in [3.05, 3.63) is 46.2 Å². The Kier molecular flexibility index (Phi) is 5.29. The Bertz CT molecular complexity index is 832. The van der Waals surface area contributed by atoms with E-state index < -0.39 is 12.1 Å². The Morgan fingerprint density at radius 2 is 2.00 bits per heavy atom. The van der Waals surface area contributed by atoms with Crippen LogP contribution in [0.1, 0.15) is 17.0 Å². The standard InChI is InChI=1S/C18H20ClN3O4/c1-11-15(9-17(23)21-7-8-26-16(10-21)18(24)25)12(2)22(20-11)14-5-3-13(19)4-6-14/h3-6,16H,7-10H2,1-2H3,(H,24,25). The van der Waals surface area contributed by atoms with Gasteiger partial charge in [-0.2, -0.15) is 5.10 Å². The van der Waals surface area contributed by atoms with E-state index in [0.717, 1.165) is 22.6 Å². The third kappa shape index (κ3) is 3.73. The van der Waals surface area contributed by atoms with Crippen molar-refractivity contribution in [2.75, 3.05) is 19.7 Å². The fourth-order valence-corrected chi connectivity index (χ4v) is 3.18. The van der Waals surface area contributed by atoms with Crippen LogP contribution in [0.4, 0.5) is 0 Å². The lowest BCUT2D eigenvalue weighted by Crippen LogP contribution is -2.49. The van der Waals surface area contributed by atoms with Gasteiger partial charge in [-0.1, -0.05) is 11.6 Å². The van der Waals surface area contributed by atoms with Crippen molar-refractivity contribution >= 4 is 23.5 Å². The minimum Gasteiger partial charge on any atom is -0.479 e. The average molecular weight is 378 g/mol. The lowest BCUT2D eigenvalue weighted by molar-refractivity contribution is -0.159. The molecule has 3 rings (SSSR count). The molecule has 7 nitrogen and oxygen atoms in total. The largest absolute Gasteiger partial charge is 0.479 e. The maximum Gasteiger partial charge on any atom is 0.334 e. The zero-order valence-corrected chi connectivity index (χ0v) is 15.4. The summed E-state index contributed by atoms with van der Waals surface area (Å²) in [5.41, 5.74) is 3.37. The summed E-state index contributed by atoms with van der Waals surface area (Å²) in [6.45, 7) is 4.46. The smallest absolute Gasteiger partial charge is 0.334 e. The molecular formula is C18H20ClN3O4. The van der Waals surface area contributed by atoms with Crippen molar-refractivity contribution in [1.82, 2.24) is 14.7 Å². The molecule has 0 radical (unpaired) electrons. The molecule has 1 aromatic carbocycles. The van der Waals surface area contributed by atoms with E-state index in [1.807, 2.05) is 26.0 Å². The van der Waals surface area contributed by atoms with Gasteiger partial charge >= 0.3 is 5.97 Å². The number of hydrogen-bond donors (Lipinski definition) is 1. The summed E-state index contributed by atoms with van der Waals surface area (Å²) in [6, 6.07) is 7.31. The van der Waals surface area contributed by atoms with Crippen LogP contribution in [0.5, 0.6) is 0 Å². The summed E-state index contributed by atoms with van der Waals surface area (Å²) in [4.78, 5) is 25.3. The molecule has 0 aliphatic carbocycles. The summed E-state index contributed by atoms with van der Waals surface area (Å²) in [6.07, 6.45) is -0.788.